The zero-order valence-corrected chi connectivity index (χ0v) is 4.66. The monoisotopic (exact) mass is 164 g/mol. The van der Waals surface area contributed by atoms with Crippen molar-refractivity contribution in [1.82, 2.24) is 0 Å². The molecule has 0 amide bonds. The standard InChI is InChI=1S/BFH2O2.ClHO4/c2-1(3)4;2-1(3,4)5/h3-4H;(H,2,3,4,5). The van der Waals surface area contributed by atoms with Gasteiger partial charge in [0.05, 0.1) is 14.9 Å². The molecule has 56 valence electrons. The fraction of sp³-hybridized carbons (Fsp3) is 0. The van der Waals surface area contributed by atoms with E-state index in [2.05, 4.69) is 0 Å². The van der Waals surface area contributed by atoms with E-state index in [1.807, 2.05) is 0 Å². The molecule has 0 heterocycles. The molecular weight excluding hydrogens is 161 g/mol. The Kier molecular flexibility index (Phi) is 6.40. The zero-order chi connectivity index (χ0) is 8.08. The predicted octanol–water partition coefficient (Wildman–Crippen LogP) is -5.20. The Hall–Kier alpha value is 0.0449. The van der Waals surface area contributed by atoms with Crippen molar-refractivity contribution in [3.8, 4) is 0 Å². The minimum Gasteiger partial charge on any atom is -0.398 e. The molecule has 0 aliphatic rings. The van der Waals surface area contributed by atoms with Crippen LogP contribution < -0.4 is 14.0 Å². The lowest BCUT2D eigenvalue weighted by Crippen LogP contribution is -2.58. The maximum absolute atomic E-state index is 10.1. The Bertz CT molecular complexity index is 49.8. The first kappa shape index (κ1) is 11.8. The first-order chi connectivity index (χ1) is 3.73. The largest absolute Gasteiger partial charge is 0.674 e. The lowest BCUT2D eigenvalue weighted by Gasteiger charge is -2.03. The van der Waals surface area contributed by atoms with Gasteiger partial charge >= 0.3 is 7.40 Å². The topological polar surface area (TPSA) is 130 Å². The third-order valence-electron chi connectivity index (χ3n) is 0. The molecule has 0 spiro atoms. The van der Waals surface area contributed by atoms with E-state index in [9.17, 15) is 4.32 Å². The third-order valence-corrected chi connectivity index (χ3v) is 0. The molecule has 9 heavy (non-hydrogen) atoms. The summed E-state index contributed by atoms with van der Waals surface area (Å²) >= 11 is 0. The summed E-state index contributed by atoms with van der Waals surface area (Å²) in [6.45, 7) is 0. The van der Waals surface area contributed by atoms with Gasteiger partial charge in [0.2, 0.25) is 0 Å². The second-order valence-corrected chi connectivity index (χ2v) is 1.50. The van der Waals surface area contributed by atoms with Gasteiger partial charge in [-0.3, -0.25) is 4.32 Å². The molecule has 0 atom stereocenters. The van der Waals surface area contributed by atoms with Crippen LogP contribution in [0.25, 0.3) is 0 Å². The molecule has 0 fully saturated rings. The molecule has 0 aromatic rings. The molecule has 0 aromatic carbocycles. The molecule has 0 saturated heterocycles. The summed E-state index contributed by atoms with van der Waals surface area (Å²) in [6.07, 6.45) is 0. The average molecular weight is 164 g/mol. The van der Waals surface area contributed by atoms with Gasteiger partial charge in [0.1, 0.15) is 0 Å². The van der Waals surface area contributed by atoms with Crippen molar-refractivity contribution < 1.29 is 43.2 Å². The lowest BCUT2D eigenvalue weighted by atomic mass is 10.3. The van der Waals surface area contributed by atoms with Crippen LogP contribution in [0.15, 0.2) is 0 Å². The Morgan fingerprint density at radius 1 is 1.22 bits per heavy atom. The summed E-state index contributed by atoms with van der Waals surface area (Å²) in [4.78, 5) is 0. The van der Waals surface area contributed by atoms with Crippen molar-refractivity contribution in [2.24, 2.45) is 0 Å². The van der Waals surface area contributed by atoms with Crippen molar-refractivity contribution in [1.29, 1.82) is 0 Å². The van der Waals surface area contributed by atoms with Crippen LogP contribution in [-0.4, -0.2) is 22.1 Å². The minimum atomic E-state index is -4.69. The molecule has 9 heteroatoms. The maximum Gasteiger partial charge on any atom is 0.674 e. The molecule has 0 saturated carbocycles. The van der Waals surface area contributed by atoms with Gasteiger partial charge in [-0.1, -0.05) is 0 Å². The van der Waals surface area contributed by atoms with Crippen molar-refractivity contribution in [3.05, 3.63) is 0 Å². The minimum absolute atomic E-state index is 2.67. The van der Waals surface area contributed by atoms with Crippen LogP contribution in [-0.2, 0) is 0 Å². The van der Waals surface area contributed by atoms with E-state index in [1.54, 1.807) is 0 Å². The van der Waals surface area contributed by atoms with E-state index >= 15 is 0 Å². The van der Waals surface area contributed by atoms with E-state index < -0.39 is 17.6 Å². The van der Waals surface area contributed by atoms with E-state index in [0.717, 1.165) is 0 Å². The lowest BCUT2D eigenvalue weighted by molar-refractivity contribution is -1.92. The maximum atomic E-state index is 10.1. The van der Waals surface area contributed by atoms with Crippen molar-refractivity contribution in [2.45, 2.75) is 0 Å². The fourth-order valence-electron chi connectivity index (χ4n) is 0. The van der Waals surface area contributed by atoms with Crippen LogP contribution in [0.1, 0.15) is 0 Å². The second kappa shape index (κ2) is 4.88. The van der Waals surface area contributed by atoms with Crippen LogP contribution in [0.5, 0.6) is 0 Å². The molecule has 0 unspecified atom stereocenters. The van der Waals surface area contributed by atoms with Gasteiger partial charge in [-0.2, -0.15) is 14.0 Å². The zero-order valence-electron chi connectivity index (χ0n) is 3.90. The van der Waals surface area contributed by atoms with Crippen LogP contribution in [0.4, 0.5) is 4.32 Å². The highest BCUT2D eigenvalue weighted by molar-refractivity contribution is 6.31. The summed E-state index contributed by atoms with van der Waals surface area (Å²) < 4.78 is 42.8. The first-order valence-corrected chi connectivity index (χ1v) is 2.63. The van der Waals surface area contributed by atoms with Crippen LogP contribution >= 0.6 is 0 Å². The van der Waals surface area contributed by atoms with Gasteiger partial charge in [0.25, 0.3) is 0 Å². The van der Waals surface area contributed by atoms with E-state index in [4.69, 9.17) is 28.7 Å². The summed E-state index contributed by atoms with van der Waals surface area (Å²) in [6, 6.07) is 0. The van der Waals surface area contributed by atoms with Gasteiger partial charge < -0.3 is 10.0 Å². The third kappa shape index (κ3) is 146000. The summed E-state index contributed by atoms with van der Waals surface area (Å²) in [5.41, 5.74) is 0. The Labute approximate surface area is 51.7 Å². The number of rotatable bonds is 0. The molecule has 0 radical (unpaired) electrons. The van der Waals surface area contributed by atoms with E-state index in [1.165, 1.54) is 0 Å². The number of halogens is 2. The number of hydrogen-bond donors (Lipinski definition) is 3. The molecule has 0 aromatic heterocycles. The second-order valence-electron chi connectivity index (χ2n) is 0.707. The van der Waals surface area contributed by atoms with Gasteiger partial charge in [0, 0.05) is 0 Å². The molecule has 6 nitrogen and oxygen atoms in total. The molecule has 0 bridgehead atoms. The van der Waals surface area contributed by atoms with Gasteiger partial charge in [-0.25, -0.2) is 0 Å². The van der Waals surface area contributed by atoms with Crippen molar-refractivity contribution in [2.75, 3.05) is 0 Å². The summed E-state index contributed by atoms with van der Waals surface area (Å²) in [5, 5.41) is 13.9. The Morgan fingerprint density at radius 3 is 1.22 bits per heavy atom. The van der Waals surface area contributed by atoms with Crippen LogP contribution in [0.3, 0.4) is 0 Å². The molecule has 0 rings (SSSR count). The predicted molar refractivity (Wildman–Crippen MR) is 13.5 cm³/mol. The van der Waals surface area contributed by atoms with Crippen molar-refractivity contribution in [3.63, 3.8) is 0 Å². The van der Waals surface area contributed by atoms with Gasteiger partial charge in [-0.15, -0.1) is 0 Å². The summed E-state index contributed by atoms with van der Waals surface area (Å²) in [5.74, 6) is 0. The highest BCUT2D eigenvalue weighted by atomic mass is 35.7. The molecular formula is H3BClFO6. The Balaban J connectivity index is 0. The molecule has 0 aliphatic carbocycles. The smallest absolute Gasteiger partial charge is 0.398 e. The molecule has 3 N–H and O–H groups in total. The number of hydrogen-bond acceptors (Lipinski definition) is 6. The van der Waals surface area contributed by atoms with Crippen LogP contribution in [0, 0.1) is 10.2 Å². The average Bonchev–Trinajstić information content (AvgIpc) is 1.19. The Morgan fingerprint density at radius 2 is 1.22 bits per heavy atom. The van der Waals surface area contributed by atoms with Gasteiger partial charge in [-0.05, 0) is 0 Å². The van der Waals surface area contributed by atoms with E-state index in [0.29, 0.717) is 0 Å². The SMILES string of the molecule is OB(O)F.[O-][Cl+3]([O-])([O-])O. The van der Waals surface area contributed by atoms with Gasteiger partial charge in [0.15, 0.2) is 0 Å². The summed E-state index contributed by atoms with van der Waals surface area (Å²) in [7, 11) is -7.36. The van der Waals surface area contributed by atoms with E-state index in [-0.39, 0.29) is 0 Å². The highest BCUT2D eigenvalue weighted by Gasteiger charge is 1.98. The fourth-order valence-corrected chi connectivity index (χ4v) is 0. The molecule has 0 aliphatic heterocycles. The highest BCUT2D eigenvalue weighted by Crippen LogP contribution is 1.60. The van der Waals surface area contributed by atoms with Crippen molar-refractivity contribution >= 4 is 7.40 Å². The first-order valence-electron chi connectivity index (χ1n) is 1.37. The van der Waals surface area contributed by atoms with Crippen LogP contribution in [0.2, 0.25) is 0 Å². The normalized spacial score (nSPS) is 9.67. The quantitative estimate of drug-likeness (QED) is 0.307.